The molecule has 2 heterocycles. The molecular weight excluding hydrogens is 350 g/mol. The van der Waals surface area contributed by atoms with Crippen LogP contribution in [0.15, 0.2) is 24.3 Å². The van der Waals surface area contributed by atoms with E-state index in [1.54, 1.807) is 17.0 Å². The van der Waals surface area contributed by atoms with Crippen molar-refractivity contribution in [1.29, 1.82) is 0 Å². The predicted molar refractivity (Wildman–Crippen MR) is 104 cm³/mol. The van der Waals surface area contributed by atoms with E-state index >= 15 is 0 Å². The highest BCUT2D eigenvalue weighted by atomic mass is 35.5. The maximum Gasteiger partial charge on any atom is 0.322 e. The number of carbonyl (C=O) groups is 1. The van der Waals surface area contributed by atoms with Crippen LogP contribution in [0, 0.1) is 0 Å². The number of hydrogen-bond donors (Lipinski definition) is 1. The van der Waals surface area contributed by atoms with Crippen LogP contribution in [-0.2, 0) is 19.5 Å². The van der Waals surface area contributed by atoms with Crippen LogP contribution in [0.2, 0.25) is 5.02 Å². The molecule has 7 heteroatoms. The summed E-state index contributed by atoms with van der Waals surface area (Å²) in [5.41, 5.74) is 0.762. The van der Waals surface area contributed by atoms with Gasteiger partial charge < -0.3 is 9.88 Å². The van der Waals surface area contributed by atoms with Crippen molar-refractivity contribution >= 4 is 23.3 Å². The van der Waals surface area contributed by atoms with Crippen molar-refractivity contribution in [1.82, 2.24) is 20.1 Å². The van der Waals surface area contributed by atoms with E-state index in [0.717, 1.165) is 56.0 Å². The van der Waals surface area contributed by atoms with Crippen molar-refractivity contribution in [2.45, 2.75) is 58.5 Å². The second-order valence-electron chi connectivity index (χ2n) is 6.65. The summed E-state index contributed by atoms with van der Waals surface area (Å²) in [5, 5.41) is 12.3. The third-order valence-electron chi connectivity index (χ3n) is 4.66. The van der Waals surface area contributed by atoms with Gasteiger partial charge in [0, 0.05) is 30.2 Å². The Balaban J connectivity index is 1.84. The summed E-state index contributed by atoms with van der Waals surface area (Å²) in [6.45, 7) is 4.06. The topological polar surface area (TPSA) is 63.1 Å². The standard InChI is InChI=1S/C19H26ClN5O/c1-2-3-11-21-19(26)25(16-9-7-8-15(20)13-16)14-18-23-22-17-10-5-4-6-12-24(17)18/h7-9,13H,2-6,10-12,14H2,1H3,(H,21,26). The number of halogens is 1. The molecule has 0 saturated carbocycles. The third-order valence-corrected chi connectivity index (χ3v) is 4.89. The third kappa shape index (κ3) is 4.55. The van der Waals surface area contributed by atoms with Gasteiger partial charge in [-0.15, -0.1) is 10.2 Å². The molecule has 6 nitrogen and oxygen atoms in total. The zero-order valence-corrected chi connectivity index (χ0v) is 16.0. The Hall–Kier alpha value is -2.08. The quantitative estimate of drug-likeness (QED) is 0.770. The average Bonchev–Trinajstić information content (AvgIpc) is 2.86. The lowest BCUT2D eigenvalue weighted by molar-refractivity contribution is 0.245. The van der Waals surface area contributed by atoms with Crippen LogP contribution in [0.25, 0.3) is 0 Å². The highest BCUT2D eigenvalue weighted by Gasteiger charge is 2.21. The molecule has 26 heavy (non-hydrogen) atoms. The largest absolute Gasteiger partial charge is 0.338 e. The minimum absolute atomic E-state index is 0.133. The highest BCUT2D eigenvalue weighted by molar-refractivity contribution is 6.30. The van der Waals surface area contributed by atoms with E-state index in [4.69, 9.17) is 11.6 Å². The molecule has 2 amide bonds. The summed E-state index contributed by atoms with van der Waals surface area (Å²) in [4.78, 5) is 14.5. The molecule has 0 radical (unpaired) electrons. The summed E-state index contributed by atoms with van der Waals surface area (Å²) >= 11 is 6.15. The molecule has 3 rings (SSSR count). The van der Waals surface area contributed by atoms with Crippen LogP contribution >= 0.6 is 11.6 Å². The molecule has 0 aliphatic carbocycles. The Morgan fingerprint density at radius 3 is 3.00 bits per heavy atom. The number of aryl methyl sites for hydroxylation is 1. The molecule has 1 N–H and O–H groups in total. The van der Waals surface area contributed by atoms with Gasteiger partial charge in [0.25, 0.3) is 0 Å². The number of aromatic nitrogens is 3. The number of nitrogens with zero attached hydrogens (tertiary/aromatic N) is 4. The molecule has 0 bridgehead atoms. The second-order valence-corrected chi connectivity index (χ2v) is 7.08. The van der Waals surface area contributed by atoms with Crippen LogP contribution in [0.1, 0.15) is 50.7 Å². The van der Waals surface area contributed by atoms with Crippen LogP contribution in [-0.4, -0.2) is 27.3 Å². The Bertz CT molecular complexity index is 745. The molecule has 2 aromatic rings. The lowest BCUT2D eigenvalue weighted by Gasteiger charge is -2.23. The fourth-order valence-electron chi connectivity index (χ4n) is 3.20. The van der Waals surface area contributed by atoms with Gasteiger partial charge in [0.1, 0.15) is 5.82 Å². The number of hydrogen-bond acceptors (Lipinski definition) is 3. The first-order chi connectivity index (χ1) is 12.7. The molecule has 1 aromatic heterocycles. The van der Waals surface area contributed by atoms with E-state index in [9.17, 15) is 4.79 Å². The molecule has 0 fully saturated rings. The van der Waals surface area contributed by atoms with Crippen molar-refractivity contribution < 1.29 is 4.79 Å². The van der Waals surface area contributed by atoms with Gasteiger partial charge in [0.05, 0.1) is 6.54 Å². The summed E-state index contributed by atoms with van der Waals surface area (Å²) in [6.07, 6.45) is 6.42. The highest BCUT2D eigenvalue weighted by Crippen LogP contribution is 2.22. The van der Waals surface area contributed by atoms with Gasteiger partial charge >= 0.3 is 6.03 Å². The fraction of sp³-hybridized carbons (Fsp3) is 0.526. The van der Waals surface area contributed by atoms with E-state index in [1.165, 1.54) is 6.42 Å². The van der Waals surface area contributed by atoms with Crippen molar-refractivity contribution in [2.24, 2.45) is 0 Å². The number of unbranched alkanes of at least 4 members (excludes halogenated alkanes) is 1. The van der Waals surface area contributed by atoms with E-state index < -0.39 is 0 Å². The average molecular weight is 376 g/mol. The number of fused-ring (bicyclic) bond motifs is 1. The van der Waals surface area contributed by atoms with Crippen molar-refractivity contribution in [3.63, 3.8) is 0 Å². The minimum Gasteiger partial charge on any atom is -0.338 e. The van der Waals surface area contributed by atoms with Gasteiger partial charge in [-0.2, -0.15) is 0 Å². The van der Waals surface area contributed by atoms with Crippen molar-refractivity contribution in [3.05, 3.63) is 40.9 Å². The molecule has 1 aliphatic rings. The minimum atomic E-state index is -0.133. The number of nitrogens with one attached hydrogen (secondary N) is 1. The fourth-order valence-corrected chi connectivity index (χ4v) is 3.38. The van der Waals surface area contributed by atoms with Gasteiger partial charge in [-0.1, -0.05) is 37.4 Å². The Morgan fingerprint density at radius 2 is 2.19 bits per heavy atom. The normalized spacial score (nSPS) is 13.8. The van der Waals surface area contributed by atoms with Gasteiger partial charge in [-0.3, -0.25) is 4.90 Å². The Kier molecular flexibility index (Phi) is 6.50. The number of amides is 2. The number of anilines is 1. The van der Waals surface area contributed by atoms with Crippen LogP contribution in [0.5, 0.6) is 0 Å². The van der Waals surface area contributed by atoms with Crippen LogP contribution < -0.4 is 10.2 Å². The molecule has 0 atom stereocenters. The summed E-state index contributed by atoms with van der Waals surface area (Å²) in [6, 6.07) is 7.23. The predicted octanol–water partition coefficient (Wildman–Crippen LogP) is 4.17. The SMILES string of the molecule is CCCCNC(=O)N(Cc1nnc2n1CCCCC2)c1cccc(Cl)c1. The zero-order valence-electron chi connectivity index (χ0n) is 15.2. The van der Waals surface area contributed by atoms with E-state index in [2.05, 4.69) is 27.0 Å². The van der Waals surface area contributed by atoms with E-state index in [-0.39, 0.29) is 6.03 Å². The summed E-state index contributed by atoms with van der Waals surface area (Å²) in [7, 11) is 0. The number of benzene rings is 1. The van der Waals surface area contributed by atoms with Gasteiger partial charge in [-0.05, 0) is 37.5 Å². The lowest BCUT2D eigenvalue weighted by atomic mass is 10.2. The number of rotatable bonds is 6. The van der Waals surface area contributed by atoms with Gasteiger partial charge in [0.2, 0.25) is 0 Å². The summed E-state index contributed by atoms with van der Waals surface area (Å²) < 4.78 is 2.17. The van der Waals surface area contributed by atoms with Crippen LogP contribution in [0.3, 0.4) is 0 Å². The first-order valence-corrected chi connectivity index (χ1v) is 9.78. The maximum absolute atomic E-state index is 12.8. The molecule has 1 aliphatic heterocycles. The van der Waals surface area contributed by atoms with Gasteiger partial charge in [0.15, 0.2) is 5.82 Å². The van der Waals surface area contributed by atoms with Gasteiger partial charge in [-0.25, -0.2) is 4.79 Å². The monoisotopic (exact) mass is 375 g/mol. The first-order valence-electron chi connectivity index (χ1n) is 9.41. The van der Waals surface area contributed by atoms with Crippen molar-refractivity contribution in [2.75, 3.05) is 11.4 Å². The molecular formula is C19H26ClN5O. The molecule has 140 valence electrons. The molecule has 1 aromatic carbocycles. The second kappa shape index (κ2) is 9.03. The summed E-state index contributed by atoms with van der Waals surface area (Å²) in [5.74, 6) is 1.85. The smallest absolute Gasteiger partial charge is 0.322 e. The molecule has 0 unspecified atom stereocenters. The van der Waals surface area contributed by atoms with Crippen LogP contribution in [0.4, 0.5) is 10.5 Å². The molecule has 0 saturated heterocycles. The Morgan fingerprint density at radius 1 is 1.31 bits per heavy atom. The first kappa shape index (κ1) is 18.7. The molecule has 0 spiro atoms. The van der Waals surface area contributed by atoms with E-state index in [1.807, 2.05) is 12.1 Å². The maximum atomic E-state index is 12.8. The zero-order chi connectivity index (χ0) is 18.4. The van der Waals surface area contributed by atoms with E-state index in [0.29, 0.717) is 18.1 Å². The number of carbonyl (C=O) groups excluding carboxylic acids is 1. The van der Waals surface area contributed by atoms with Crippen molar-refractivity contribution in [3.8, 4) is 0 Å². The lowest BCUT2D eigenvalue weighted by Crippen LogP contribution is -2.40. The number of urea groups is 1. The Labute approximate surface area is 159 Å².